The Morgan fingerprint density at radius 3 is 2.60 bits per heavy atom. The fourth-order valence-corrected chi connectivity index (χ4v) is 2.33. The van der Waals surface area contributed by atoms with E-state index in [4.69, 9.17) is 20.6 Å². The van der Waals surface area contributed by atoms with E-state index in [1.807, 2.05) is 37.3 Å². The third-order valence-corrected chi connectivity index (χ3v) is 3.25. The van der Waals surface area contributed by atoms with Crippen LogP contribution in [0.2, 0.25) is 0 Å². The van der Waals surface area contributed by atoms with E-state index in [2.05, 4.69) is 15.9 Å². The molecule has 0 saturated carbocycles. The van der Waals surface area contributed by atoms with Crippen LogP contribution in [0.3, 0.4) is 0 Å². The molecule has 0 saturated heterocycles. The maximum absolute atomic E-state index is 7.63. The van der Waals surface area contributed by atoms with Crippen LogP contribution in [-0.4, -0.2) is 12.4 Å². The summed E-state index contributed by atoms with van der Waals surface area (Å²) in [5, 5.41) is 7.63. The van der Waals surface area contributed by atoms with Crippen molar-refractivity contribution in [3.05, 3.63) is 52.5 Å². The van der Waals surface area contributed by atoms with Crippen molar-refractivity contribution in [1.29, 1.82) is 5.41 Å². The van der Waals surface area contributed by atoms with Gasteiger partial charge >= 0.3 is 0 Å². The van der Waals surface area contributed by atoms with Crippen LogP contribution in [-0.2, 0) is 0 Å². The third kappa shape index (κ3) is 3.30. The number of nitrogen functional groups attached to an aromatic ring is 1. The van der Waals surface area contributed by atoms with Gasteiger partial charge in [-0.05, 0) is 47.1 Å². The normalized spacial score (nSPS) is 10.1. The number of nitrogens with one attached hydrogen (secondary N) is 1. The van der Waals surface area contributed by atoms with Crippen LogP contribution in [0.4, 0.5) is 0 Å². The highest BCUT2D eigenvalue weighted by molar-refractivity contribution is 9.10. The Bertz CT molecular complexity index is 629. The molecule has 20 heavy (non-hydrogen) atoms. The first-order valence-corrected chi connectivity index (χ1v) is 6.94. The van der Waals surface area contributed by atoms with E-state index in [1.165, 1.54) is 0 Å². The van der Waals surface area contributed by atoms with Gasteiger partial charge in [-0.3, -0.25) is 5.41 Å². The van der Waals surface area contributed by atoms with Crippen molar-refractivity contribution >= 4 is 21.8 Å². The Morgan fingerprint density at radius 2 is 1.90 bits per heavy atom. The molecule has 2 rings (SSSR count). The minimum atomic E-state index is -0.0477. The van der Waals surface area contributed by atoms with Crippen LogP contribution in [0.25, 0.3) is 0 Å². The zero-order chi connectivity index (χ0) is 14.5. The molecule has 0 radical (unpaired) electrons. The van der Waals surface area contributed by atoms with Crippen LogP contribution in [0.1, 0.15) is 12.5 Å². The topological polar surface area (TPSA) is 68.3 Å². The molecule has 0 heterocycles. The second-order valence-corrected chi connectivity index (χ2v) is 4.89. The molecule has 0 spiro atoms. The number of benzene rings is 2. The number of amidine groups is 1. The Labute approximate surface area is 126 Å². The van der Waals surface area contributed by atoms with Crippen LogP contribution < -0.4 is 15.2 Å². The molecule has 4 nitrogen and oxygen atoms in total. The Hall–Kier alpha value is -2.01. The van der Waals surface area contributed by atoms with Crippen molar-refractivity contribution in [2.24, 2.45) is 5.73 Å². The average Bonchev–Trinajstić information content (AvgIpc) is 2.39. The maximum atomic E-state index is 7.63. The molecule has 104 valence electrons. The van der Waals surface area contributed by atoms with Crippen molar-refractivity contribution in [2.75, 3.05) is 6.61 Å². The molecule has 0 aromatic heterocycles. The minimum absolute atomic E-state index is 0.0477. The van der Waals surface area contributed by atoms with Gasteiger partial charge in [-0.15, -0.1) is 0 Å². The summed E-state index contributed by atoms with van der Waals surface area (Å²) in [5.74, 6) is 1.86. The highest BCUT2D eigenvalue weighted by Crippen LogP contribution is 2.31. The van der Waals surface area contributed by atoms with E-state index in [0.29, 0.717) is 23.7 Å². The lowest BCUT2D eigenvalue weighted by molar-refractivity contribution is 0.338. The van der Waals surface area contributed by atoms with E-state index in [-0.39, 0.29) is 5.84 Å². The molecular weight excluding hydrogens is 320 g/mol. The van der Waals surface area contributed by atoms with E-state index >= 15 is 0 Å². The van der Waals surface area contributed by atoms with E-state index in [1.54, 1.807) is 12.1 Å². The van der Waals surface area contributed by atoms with Crippen molar-refractivity contribution in [3.8, 4) is 17.2 Å². The van der Waals surface area contributed by atoms with Crippen molar-refractivity contribution in [1.82, 2.24) is 0 Å². The molecule has 0 aliphatic rings. The third-order valence-electron chi connectivity index (χ3n) is 2.59. The van der Waals surface area contributed by atoms with Crippen molar-refractivity contribution < 1.29 is 9.47 Å². The van der Waals surface area contributed by atoms with Gasteiger partial charge in [0.2, 0.25) is 0 Å². The fraction of sp³-hybridized carbons (Fsp3) is 0.133. The highest BCUT2D eigenvalue weighted by atomic mass is 79.9. The molecule has 2 aromatic rings. The van der Waals surface area contributed by atoms with Gasteiger partial charge in [0, 0.05) is 10.5 Å². The first-order valence-electron chi connectivity index (χ1n) is 6.15. The van der Waals surface area contributed by atoms with Gasteiger partial charge in [-0.2, -0.15) is 0 Å². The first kappa shape index (κ1) is 14.4. The molecule has 0 atom stereocenters. The zero-order valence-corrected chi connectivity index (χ0v) is 12.6. The van der Waals surface area contributed by atoms with Gasteiger partial charge in [-0.1, -0.05) is 12.1 Å². The quantitative estimate of drug-likeness (QED) is 0.643. The lowest BCUT2D eigenvalue weighted by atomic mass is 10.2. The Morgan fingerprint density at radius 1 is 1.20 bits per heavy atom. The lowest BCUT2D eigenvalue weighted by Crippen LogP contribution is -2.13. The molecule has 0 unspecified atom stereocenters. The summed E-state index contributed by atoms with van der Waals surface area (Å²) < 4.78 is 12.0. The van der Waals surface area contributed by atoms with E-state index in [0.717, 1.165) is 10.2 Å². The first-order chi connectivity index (χ1) is 9.61. The van der Waals surface area contributed by atoms with E-state index < -0.39 is 0 Å². The number of hydrogen-bond donors (Lipinski definition) is 2. The maximum Gasteiger partial charge on any atom is 0.139 e. The van der Waals surface area contributed by atoms with Crippen LogP contribution in [0.15, 0.2) is 46.9 Å². The standard InChI is InChI=1S/C15H15BrN2O2/c1-2-19-10-5-3-6-11(9-10)20-13-8-4-7-12(16)14(13)15(17)18/h3-9H,2H2,1H3,(H3,17,18). The predicted molar refractivity (Wildman–Crippen MR) is 82.8 cm³/mol. The van der Waals surface area contributed by atoms with Gasteiger partial charge in [-0.25, -0.2) is 0 Å². The summed E-state index contributed by atoms with van der Waals surface area (Å²) in [6.45, 7) is 2.52. The number of halogens is 1. The second-order valence-electron chi connectivity index (χ2n) is 4.04. The molecule has 0 fully saturated rings. The van der Waals surface area contributed by atoms with Gasteiger partial charge < -0.3 is 15.2 Å². The summed E-state index contributed by atoms with van der Waals surface area (Å²) in [6, 6.07) is 12.8. The van der Waals surface area contributed by atoms with Gasteiger partial charge in [0.25, 0.3) is 0 Å². The summed E-state index contributed by atoms with van der Waals surface area (Å²) in [4.78, 5) is 0. The van der Waals surface area contributed by atoms with Crippen molar-refractivity contribution in [2.45, 2.75) is 6.92 Å². The van der Waals surface area contributed by atoms with Crippen LogP contribution in [0, 0.1) is 5.41 Å². The van der Waals surface area contributed by atoms with Gasteiger partial charge in [0.15, 0.2) is 0 Å². The van der Waals surface area contributed by atoms with Gasteiger partial charge in [0.05, 0.1) is 12.2 Å². The lowest BCUT2D eigenvalue weighted by Gasteiger charge is -2.12. The monoisotopic (exact) mass is 334 g/mol. The fourth-order valence-electron chi connectivity index (χ4n) is 1.77. The number of nitrogens with two attached hydrogens (primary N) is 1. The summed E-state index contributed by atoms with van der Waals surface area (Å²) in [6.07, 6.45) is 0. The molecule has 0 aliphatic carbocycles. The molecular formula is C15H15BrN2O2. The molecule has 5 heteroatoms. The highest BCUT2D eigenvalue weighted by Gasteiger charge is 2.11. The smallest absolute Gasteiger partial charge is 0.139 e. The van der Waals surface area contributed by atoms with Gasteiger partial charge in [0.1, 0.15) is 23.1 Å². The minimum Gasteiger partial charge on any atom is -0.494 e. The second kappa shape index (κ2) is 6.43. The average molecular weight is 335 g/mol. The van der Waals surface area contributed by atoms with Crippen LogP contribution in [0.5, 0.6) is 17.2 Å². The predicted octanol–water partition coefficient (Wildman–Crippen LogP) is 3.92. The summed E-state index contributed by atoms with van der Waals surface area (Å²) in [5.41, 5.74) is 6.13. The molecule has 2 aromatic carbocycles. The zero-order valence-electron chi connectivity index (χ0n) is 11.0. The van der Waals surface area contributed by atoms with Crippen molar-refractivity contribution in [3.63, 3.8) is 0 Å². The number of ether oxygens (including phenoxy) is 2. The number of rotatable bonds is 5. The SMILES string of the molecule is CCOc1cccc(Oc2cccc(Br)c2C(=N)N)c1. The Balaban J connectivity index is 2.32. The summed E-state index contributed by atoms with van der Waals surface area (Å²) >= 11 is 3.37. The van der Waals surface area contributed by atoms with Crippen LogP contribution >= 0.6 is 15.9 Å². The molecule has 0 amide bonds. The molecule has 0 aliphatic heterocycles. The largest absolute Gasteiger partial charge is 0.494 e. The summed E-state index contributed by atoms with van der Waals surface area (Å²) in [7, 11) is 0. The van der Waals surface area contributed by atoms with E-state index in [9.17, 15) is 0 Å². The Kier molecular flexibility index (Phi) is 4.63. The molecule has 3 N–H and O–H groups in total. The molecule has 0 bridgehead atoms. The number of hydrogen-bond acceptors (Lipinski definition) is 3.